The lowest BCUT2D eigenvalue weighted by molar-refractivity contribution is 0.0734. The first-order chi connectivity index (χ1) is 9.66. The molecule has 0 N–H and O–H groups in total. The quantitative estimate of drug-likeness (QED) is 0.829. The van der Waals surface area contributed by atoms with Crippen LogP contribution in [0.15, 0.2) is 40.8 Å². The normalized spacial score (nSPS) is 18.5. The molecule has 1 atom stereocenters. The Bertz CT molecular complexity index is 615. The van der Waals surface area contributed by atoms with Crippen LogP contribution in [0.3, 0.4) is 0 Å². The van der Waals surface area contributed by atoms with Gasteiger partial charge in [-0.2, -0.15) is 0 Å². The van der Waals surface area contributed by atoms with E-state index in [0.717, 1.165) is 25.1 Å². The summed E-state index contributed by atoms with van der Waals surface area (Å²) in [4.78, 5) is 14.7. The molecule has 0 unspecified atom stereocenters. The molecule has 3 nitrogen and oxygen atoms in total. The Balaban J connectivity index is 1.89. The van der Waals surface area contributed by atoms with Gasteiger partial charge in [0.1, 0.15) is 11.5 Å². The number of rotatable bonds is 2. The lowest BCUT2D eigenvalue weighted by atomic mass is 10.0. The van der Waals surface area contributed by atoms with Crippen LogP contribution >= 0.6 is 0 Å². The van der Waals surface area contributed by atoms with Gasteiger partial charge >= 0.3 is 0 Å². The van der Waals surface area contributed by atoms with Gasteiger partial charge in [0.2, 0.25) is 0 Å². The Hall–Kier alpha value is -2.03. The van der Waals surface area contributed by atoms with Gasteiger partial charge in [0.05, 0.1) is 11.6 Å². The second kappa shape index (κ2) is 5.16. The fourth-order valence-corrected chi connectivity index (χ4v) is 3.03. The van der Waals surface area contributed by atoms with E-state index in [-0.39, 0.29) is 11.9 Å². The third kappa shape index (κ3) is 2.24. The van der Waals surface area contributed by atoms with E-state index in [0.29, 0.717) is 11.3 Å². The number of hydrogen-bond donors (Lipinski definition) is 0. The number of furan rings is 1. The number of nitrogens with zero attached hydrogens (tertiary/aromatic N) is 1. The maximum atomic E-state index is 12.7. The molecule has 2 aromatic rings. The minimum Gasteiger partial charge on any atom is -0.466 e. The van der Waals surface area contributed by atoms with Gasteiger partial charge in [-0.3, -0.25) is 4.79 Å². The molecule has 104 valence electrons. The summed E-state index contributed by atoms with van der Waals surface area (Å²) in [5.74, 6) is 1.60. The van der Waals surface area contributed by atoms with Crippen molar-refractivity contribution in [2.45, 2.75) is 32.7 Å². The van der Waals surface area contributed by atoms with Crippen molar-refractivity contribution in [3.63, 3.8) is 0 Å². The molecular formula is C17H19NO2. The second-order valence-corrected chi connectivity index (χ2v) is 5.39. The summed E-state index contributed by atoms with van der Waals surface area (Å²) in [5.41, 5.74) is 1.92. The lowest BCUT2D eigenvalue weighted by Gasteiger charge is -2.24. The summed E-state index contributed by atoms with van der Waals surface area (Å²) in [6.45, 7) is 4.55. The second-order valence-electron chi connectivity index (χ2n) is 5.39. The molecular weight excluding hydrogens is 250 g/mol. The Morgan fingerprint density at radius 1 is 1.25 bits per heavy atom. The number of likely N-dealkylation sites (tertiary alicyclic amines) is 1. The lowest BCUT2D eigenvalue weighted by Crippen LogP contribution is -2.30. The van der Waals surface area contributed by atoms with Crippen molar-refractivity contribution in [1.82, 2.24) is 4.90 Å². The van der Waals surface area contributed by atoms with Crippen LogP contribution in [0.25, 0.3) is 0 Å². The number of amides is 1. The molecule has 20 heavy (non-hydrogen) atoms. The molecule has 0 aliphatic carbocycles. The van der Waals surface area contributed by atoms with E-state index in [9.17, 15) is 4.79 Å². The SMILES string of the molecule is Cc1cc(C(=O)N2CCC[C@H]2c2ccccc2)c(C)o1. The standard InChI is InChI=1S/C17H19NO2/c1-12-11-15(13(2)20-12)17(19)18-10-6-9-16(18)14-7-4-3-5-8-14/h3-5,7-8,11,16H,6,9-10H2,1-2H3/t16-/m0/s1. The minimum absolute atomic E-state index is 0.0886. The van der Waals surface area contributed by atoms with E-state index in [4.69, 9.17) is 4.42 Å². The van der Waals surface area contributed by atoms with E-state index in [1.807, 2.05) is 43.0 Å². The van der Waals surface area contributed by atoms with Crippen LogP contribution < -0.4 is 0 Å². The zero-order chi connectivity index (χ0) is 14.1. The summed E-state index contributed by atoms with van der Waals surface area (Å²) in [5, 5.41) is 0. The van der Waals surface area contributed by atoms with Gasteiger partial charge in [0.15, 0.2) is 0 Å². The molecule has 3 heteroatoms. The maximum Gasteiger partial charge on any atom is 0.257 e. The van der Waals surface area contributed by atoms with Crippen molar-refractivity contribution in [3.8, 4) is 0 Å². The van der Waals surface area contributed by atoms with E-state index in [1.165, 1.54) is 5.56 Å². The van der Waals surface area contributed by atoms with Crippen LogP contribution in [-0.4, -0.2) is 17.4 Å². The summed E-state index contributed by atoms with van der Waals surface area (Å²) in [6, 6.07) is 12.3. The third-order valence-electron chi connectivity index (χ3n) is 3.97. The number of carbonyl (C=O) groups excluding carboxylic acids is 1. The first kappa shape index (κ1) is 13.0. The molecule has 1 aliphatic rings. The van der Waals surface area contributed by atoms with E-state index >= 15 is 0 Å². The Morgan fingerprint density at radius 2 is 2.00 bits per heavy atom. The fraction of sp³-hybridized carbons (Fsp3) is 0.353. The summed E-state index contributed by atoms with van der Waals surface area (Å²) in [7, 11) is 0. The van der Waals surface area contributed by atoms with Crippen LogP contribution in [0.2, 0.25) is 0 Å². The molecule has 0 spiro atoms. The average molecular weight is 269 g/mol. The van der Waals surface area contributed by atoms with Crippen molar-refractivity contribution in [2.24, 2.45) is 0 Å². The molecule has 1 amide bonds. The molecule has 1 aromatic heterocycles. The minimum atomic E-state index is 0.0886. The molecule has 3 rings (SSSR count). The monoisotopic (exact) mass is 269 g/mol. The van der Waals surface area contributed by atoms with Crippen LogP contribution in [0.5, 0.6) is 0 Å². The number of aryl methyl sites for hydroxylation is 2. The number of carbonyl (C=O) groups is 1. The van der Waals surface area contributed by atoms with E-state index < -0.39 is 0 Å². The van der Waals surface area contributed by atoms with Gasteiger partial charge < -0.3 is 9.32 Å². The summed E-state index contributed by atoms with van der Waals surface area (Å²) < 4.78 is 5.49. The highest BCUT2D eigenvalue weighted by Crippen LogP contribution is 2.33. The van der Waals surface area contributed by atoms with E-state index in [2.05, 4.69) is 12.1 Å². The summed E-state index contributed by atoms with van der Waals surface area (Å²) in [6.07, 6.45) is 2.09. The molecule has 0 bridgehead atoms. The van der Waals surface area contributed by atoms with Crippen molar-refractivity contribution in [2.75, 3.05) is 6.54 Å². The Morgan fingerprint density at radius 3 is 2.65 bits per heavy atom. The zero-order valence-electron chi connectivity index (χ0n) is 11.9. The largest absolute Gasteiger partial charge is 0.466 e. The van der Waals surface area contributed by atoms with Crippen molar-refractivity contribution >= 4 is 5.91 Å². The van der Waals surface area contributed by atoms with Crippen LogP contribution in [0.1, 0.15) is 46.3 Å². The van der Waals surface area contributed by atoms with E-state index in [1.54, 1.807) is 0 Å². The van der Waals surface area contributed by atoms with Crippen LogP contribution in [-0.2, 0) is 0 Å². The average Bonchev–Trinajstić information content (AvgIpc) is 3.05. The van der Waals surface area contributed by atoms with Crippen molar-refractivity contribution in [1.29, 1.82) is 0 Å². The molecule has 0 saturated carbocycles. The van der Waals surface area contributed by atoms with Gasteiger partial charge in [0.25, 0.3) is 5.91 Å². The first-order valence-corrected chi connectivity index (χ1v) is 7.10. The maximum absolute atomic E-state index is 12.7. The van der Waals surface area contributed by atoms with Gasteiger partial charge in [-0.15, -0.1) is 0 Å². The van der Waals surface area contributed by atoms with Gasteiger partial charge in [0, 0.05) is 6.54 Å². The predicted octanol–water partition coefficient (Wildman–Crippen LogP) is 3.87. The van der Waals surface area contributed by atoms with Crippen molar-refractivity contribution in [3.05, 3.63) is 59.0 Å². The Labute approximate surface area is 119 Å². The molecule has 1 aliphatic heterocycles. The smallest absolute Gasteiger partial charge is 0.257 e. The zero-order valence-corrected chi connectivity index (χ0v) is 11.9. The van der Waals surface area contributed by atoms with Crippen molar-refractivity contribution < 1.29 is 9.21 Å². The molecule has 2 heterocycles. The fourth-order valence-electron chi connectivity index (χ4n) is 3.03. The molecule has 0 radical (unpaired) electrons. The first-order valence-electron chi connectivity index (χ1n) is 7.10. The topological polar surface area (TPSA) is 33.5 Å². The summed E-state index contributed by atoms with van der Waals surface area (Å²) >= 11 is 0. The highest BCUT2D eigenvalue weighted by molar-refractivity contribution is 5.95. The highest BCUT2D eigenvalue weighted by Gasteiger charge is 2.31. The highest BCUT2D eigenvalue weighted by atomic mass is 16.3. The van der Waals surface area contributed by atoms with Gasteiger partial charge in [-0.25, -0.2) is 0 Å². The number of hydrogen-bond acceptors (Lipinski definition) is 2. The van der Waals surface area contributed by atoms with Gasteiger partial charge in [-0.05, 0) is 38.3 Å². The van der Waals surface area contributed by atoms with Crippen LogP contribution in [0, 0.1) is 13.8 Å². The predicted molar refractivity (Wildman–Crippen MR) is 77.6 cm³/mol. The molecule has 1 saturated heterocycles. The third-order valence-corrected chi connectivity index (χ3v) is 3.97. The van der Waals surface area contributed by atoms with Gasteiger partial charge in [-0.1, -0.05) is 30.3 Å². The Kier molecular flexibility index (Phi) is 3.35. The molecule has 1 aromatic carbocycles. The number of benzene rings is 1. The molecule has 1 fully saturated rings. The van der Waals surface area contributed by atoms with Crippen LogP contribution in [0.4, 0.5) is 0 Å².